The minimum absolute atomic E-state index is 0.224. The number of nitrogens with one attached hydrogen (secondary N) is 1. The van der Waals surface area contributed by atoms with Crippen molar-refractivity contribution in [3.05, 3.63) is 59.0 Å². The van der Waals surface area contributed by atoms with Crippen molar-refractivity contribution in [1.29, 1.82) is 0 Å². The number of para-hydroxylation sites is 1. The molecule has 0 radical (unpaired) electrons. The number of amides is 2. The van der Waals surface area contributed by atoms with Gasteiger partial charge >= 0.3 is 6.36 Å². The number of halogens is 3. The number of ether oxygens (including phenoxy) is 1. The van der Waals surface area contributed by atoms with Gasteiger partial charge in [0.2, 0.25) is 0 Å². The number of carbonyl (C=O) groups excluding carboxylic acids is 2. The third-order valence-electron chi connectivity index (χ3n) is 3.25. The van der Waals surface area contributed by atoms with Crippen molar-refractivity contribution in [2.24, 2.45) is 0 Å². The van der Waals surface area contributed by atoms with Crippen molar-refractivity contribution in [3.63, 3.8) is 0 Å². The Morgan fingerprint density at radius 2 is 1.80 bits per heavy atom. The standard InChI is InChI=1S/C17H10F3NO3S/c18-17(19,20)24-13-7-2-1-6-12(13)11-5-3-4-10(8-11)9-14-15(22)21-16(23)25-14/h1-9H,(H,21,22,23)/b14-9+. The van der Waals surface area contributed by atoms with Gasteiger partial charge in [0.05, 0.1) is 4.91 Å². The number of hydrogen-bond acceptors (Lipinski definition) is 4. The zero-order chi connectivity index (χ0) is 18.0. The van der Waals surface area contributed by atoms with E-state index in [1.165, 1.54) is 24.3 Å². The summed E-state index contributed by atoms with van der Waals surface area (Å²) in [5.41, 5.74) is 1.33. The Bertz CT molecular complexity index is 877. The second kappa shape index (κ2) is 6.64. The highest BCUT2D eigenvalue weighted by Crippen LogP contribution is 2.34. The molecule has 0 aliphatic carbocycles. The van der Waals surface area contributed by atoms with Gasteiger partial charge in [-0.2, -0.15) is 0 Å². The molecule has 8 heteroatoms. The highest BCUT2D eigenvalue weighted by atomic mass is 32.2. The second-order valence-electron chi connectivity index (χ2n) is 5.02. The Balaban J connectivity index is 1.97. The second-order valence-corrected chi connectivity index (χ2v) is 6.04. The summed E-state index contributed by atoms with van der Waals surface area (Å²) in [5, 5.41) is 1.68. The van der Waals surface area contributed by atoms with Gasteiger partial charge in [0, 0.05) is 5.56 Å². The summed E-state index contributed by atoms with van der Waals surface area (Å²) in [4.78, 5) is 23.0. The molecule has 2 aromatic rings. The van der Waals surface area contributed by atoms with Crippen LogP contribution in [-0.2, 0) is 4.79 Å². The Hall–Kier alpha value is -2.74. The van der Waals surface area contributed by atoms with Crippen molar-refractivity contribution in [2.45, 2.75) is 6.36 Å². The van der Waals surface area contributed by atoms with Crippen LogP contribution in [0.5, 0.6) is 5.75 Å². The number of imide groups is 1. The molecule has 25 heavy (non-hydrogen) atoms. The fourth-order valence-corrected chi connectivity index (χ4v) is 2.97. The van der Waals surface area contributed by atoms with Crippen molar-refractivity contribution < 1.29 is 27.5 Å². The van der Waals surface area contributed by atoms with Crippen LogP contribution in [0.1, 0.15) is 5.56 Å². The van der Waals surface area contributed by atoms with E-state index >= 15 is 0 Å². The molecule has 0 bridgehead atoms. The number of alkyl halides is 3. The van der Waals surface area contributed by atoms with E-state index in [4.69, 9.17) is 0 Å². The molecule has 2 amide bonds. The molecule has 0 unspecified atom stereocenters. The van der Waals surface area contributed by atoms with Crippen molar-refractivity contribution in [2.75, 3.05) is 0 Å². The normalized spacial score (nSPS) is 16.2. The molecule has 0 spiro atoms. The minimum atomic E-state index is -4.80. The molecule has 128 valence electrons. The summed E-state index contributed by atoms with van der Waals surface area (Å²) in [5.74, 6) is -0.816. The maximum atomic E-state index is 12.6. The summed E-state index contributed by atoms with van der Waals surface area (Å²) in [6.07, 6.45) is -3.30. The van der Waals surface area contributed by atoms with Gasteiger partial charge in [0.1, 0.15) is 5.75 Å². The van der Waals surface area contributed by atoms with Crippen LogP contribution in [0.3, 0.4) is 0 Å². The molecule has 1 aliphatic rings. The lowest BCUT2D eigenvalue weighted by molar-refractivity contribution is -0.274. The van der Waals surface area contributed by atoms with Crippen LogP contribution in [0.2, 0.25) is 0 Å². The van der Waals surface area contributed by atoms with Crippen molar-refractivity contribution in [3.8, 4) is 16.9 Å². The highest BCUT2D eigenvalue weighted by Gasteiger charge is 2.32. The average molecular weight is 365 g/mol. The Kier molecular flexibility index (Phi) is 4.54. The Morgan fingerprint density at radius 3 is 2.48 bits per heavy atom. The van der Waals surface area contributed by atoms with Crippen LogP contribution in [0.15, 0.2) is 53.4 Å². The van der Waals surface area contributed by atoms with E-state index in [0.717, 1.165) is 11.8 Å². The van der Waals surface area contributed by atoms with E-state index in [9.17, 15) is 22.8 Å². The van der Waals surface area contributed by atoms with Crippen LogP contribution in [0.4, 0.5) is 18.0 Å². The van der Waals surface area contributed by atoms with Gasteiger partial charge < -0.3 is 4.74 Å². The average Bonchev–Trinajstić information content (AvgIpc) is 2.84. The number of carbonyl (C=O) groups is 2. The van der Waals surface area contributed by atoms with Crippen LogP contribution >= 0.6 is 11.8 Å². The third kappa shape index (κ3) is 4.21. The third-order valence-corrected chi connectivity index (χ3v) is 4.06. The van der Waals surface area contributed by atoms with Crippen LogP contribution < -0.4 is 10.1 Å². The zero-order valence-corrected chi connectivity index (χ0v) is 13.3. The summed E-state index contributed by atoms with van der Waals surface area (Å²) < 4.78 is 41.7. The minimum Gasteiger partial charge on any atom is -0.405 e. The molecule has 1 heterocycles. The van der Waals surface area contributed by atoms with Gasteiger partial charge in [-0.15, -0.1) is 13.2 Å². The van der Waals surface area contributed by atoms with Gasteiger partial charge in [-0.3, -0.25) is 14.9 Å². The maximum Gasteiger partial charge on any atom is 0.573 e. The number of thioether (sulfide) groups is 1. The molecule has 0 aromatic heterocycles. The van der Waals surface area contributed by atoms with Gasteiger partial charge in [-0.1, -0.05) is 36.4 Å². The predicted molar refractivity (Wildman–Crippen MR) is 87.7 cm³/mol. The quantitative estimate of drug-likeness (QED) is 0.809. The molecule has 0 saturated carbocycles. The lowest BCUT2D eigenvalue weighted by Crippen LogP contribution is -2.17. The fourth-order valence-electron chi connectivity index (χ4n) is 2.29. The SMILES string of the molecule is O=C1NC(=O)/C(=C\c2cccc(-c3ccccc3OC(F)(F)F)c2)S1. The van der Waals surface area contributed by atoms with E-state index in [0.29, 0.717) is 11.1 Å². The topological polar surface area (TPSA) is 55.4 Å². The zero-order valence-electron chi connectivity index (χ0n) is 12.5. The molecule has 1 N–H and O–H groups in total. The molecular weight excluding hydrogens is 355 g/mol. The lowest BCUT2D eigenvalue weighted by Gasteiger charge is -2.13. The Labute approximate surface area is 144 Å². The van der Waals surface area contributed by atoms with Crippen LogP contribution in [0, 0.1) is 0 Å². The largest absolute Gasteiger partial charge is 0.573 e. The molecule has 2 aromatic carbocycles. The lowest BCUT2D eigenvalue weighted by atomic mass is 10.0. The number of benzene rings is 2. The summed E-state index contributed by atoms with van der Waals surface area (Å²) >= 11 is 0.769. The highest BCUT2D eigenvalue weighted by molar-refractivity contribution is 8.18. The van der Waals surface area contributed by atoms with Crippen LogP contribution in [-0.4, -0.2) is 17.5 Å². The fraction of sp³-hybridized carbons (Fsp3) is 0.0588. The molecule has 4 nitrogen and oxygen atoms in total. The Morgan fingerprint density at radius 1 is 1.04 bits per heavy atom. The van der Waals surface area contributed by atoms with E-state index in [-0.39, 0.29) is 16.2 Å². The first-order chi connectivity index (χ1) is 11.8. The van der Waals surface area contributed by atoms with Gasteiger partial charge in [0.25, 0.3) is 11.1 Å². The molecule has 3 rings (SSSR count). The summed E-state index contributed by atoms with van der Waals surface area (Å²) in [6.45, 7) is 0. The predicted octanol–water partition coefficient (Wildman–Crippen LogP) is 4.58. The molecular formula is C17H10F3NO3S. The van der Waals surface area contributed by atoms with Gasteiger partial charge in [0.15, 0.2) is 0 Å². The van der Waals surface area contributed by atoms with Crippen molar-refractivity contribution >= 4 is 29.0 Å². The van der Waals surface area contributed by atoms with Crippen molar-refractivity contribution in [1.82, 2.24) is 5.32 Å². The van der Waals surface area contributed by atoms with Crippen LogP contribution in [0.25, 0.3) is 17.2 Å². The molecule has 1 fully saturated rings. The monoisotopic (exact) mass is 365 g/mol. The molecule has 1 saturated heterocycles. The first-order valence-corrected chi connectivity index (χ1v) is 7.83. The summed E-state index contributed by atoms with van der Waals surface area (Å²) in [6, 6.07) is 12.4. The van der Waals surface area contributed by atoms with Gasteiger partial charge in [-0.25, -0.2) is 0 Å². The number of rotatable bonds is 3. The number of hydrogen-bond donors (Lipinski definition) is 1. The first kappa shape index (κ1) is 17.1. The van der Waals surface area contributed by atoms with E-state index in [2.05, 4.69) is 10.1 Å². The smallest absolute Gasteiger partial charge is 0.405 e. The maximum absolute atomic E-state index is 12.6. The van der Waals surface area contributed by atoms with Gasteiger partial charge in [-0.05, 0) is 41.1 Å². The van der Waals surface area contributed by atoms with E-state index < -0.39 is 17.5 Å². The first-order valence-electron chi connectivity index (χ1n) is 7.02. The molecule has 1 aliphatic heterocycles. The van der Waals surface area contributed by atoms with E-state index in [1.807, 2.05) is 0 Å². The molecule has 0 atom stereocenters. The summed E-state index contributed by atoms with van der Waals surface area (Å²) in [7, 11) is 0. The van der Waals surface area contributed by atoms with E-state index in [1.54, 1.807) is 30.3 Å².